The molecule has 1 amide bonds. The van der Waals surface area contributed by atoms with Gasteiger partial charge in [-0.15, -0.1) is 0 Å². The summed E-state index contributed by atoms with van der Waals surface area (Å²) >= 11 is 0. The smallest absolute Gasteiger partial charge is 0.255 e. The van der Waals surface area contributed by atoms with Crippen LogP contribution >= 0.6 is 0 Å². The van der Waals surface area contributed by atoms with E-state index in [4.69, 9.17) is 5.11 Å². The molecule has 2 rings (SSSR count). The average Bonchev–Trinajstić information content (AvgIpc) is 2.47. The Bertz CT molecular complexity index is 443. The number of nitrogens with zero attached hydrogens (tertiary/aromatic N) is 3. The molecule has 0 bridgehead atoms. The molecule has 0 aromatic carbocycles. The van der Waals surface area contributed by atoms with Crippen molar-refractivity contribution in [1.29, 1.82) is 0 Å². The van der Waals surface area contributed by atoms with Crippen molar-refractivity contribution in [2.24, 2.45) is 0 Å². The molecule has 0 spiro atoms. The van der Waals surface area contributed by atoms with Gasteiger partial charge < -0.3 is 14.9 Å². The maximum atomic E-state index is 12.6. The molecule has 110 valence electrons. The molecule has 1 aliphatic rings. The molecule has 5 heteroatoms. The summed E-state index contributed by atoms with van der Waals surface area (Å²) in [6.07, 6.45) is 5.45. The third-order valence-corrected chi connectivity index (χ3v) is 3.80. The number of hydrogen-bond donors (Lipinski definition) is 1. The van der Waals surface area contributed by atoms with Crippen molar-refractivity contribution < 1.29 is 9.90 Å². The molecular formula is C15H23N3O2. The lowest BCUT2D eigenvalue weighted by atomic mass is 9.98. The first-order chi connectivity index (χ1) is 9.63. The fraction of sp³-hybridized carbons (Fsp3) is 0.600. The molecule has 0 aliphatic carbocycles. The maximum absolute atomic E-state index is 12.6. The van der Waals surface area contributed by atoms with Gasteiger partial charge in [0.2, 0.25) is 0 Å². The molecule has 1 aliphatic heterocycles. The molecule has 1 aromatic heterocycles. The van der Waals surface area contributed by atoms with E-state index >= 15 is 0 Å². The number of piperidine rings is 1. The Balaban J connectivity index is 2.12. The first kappa shape index (κ1) is 14.8. The van der Waals surface area contributed by atoms with Crippen LogP contribution < -0.4 is 4.90 Å². The van der Waals surface area contributed by atoms with Gasteiger partial charge in [-0.25, -0.2) is 4.98 Å². The zero-order valence-corrected chi connectivity index (χ0v) is 12.2. The van der Waals surface area contributed by atoms with Gasteiger partial charge in [-0.3, -0.25) is 4.79 Å². The van der Waals surface area contributed by atoms with Crippen molar-refractivity contribution in [3.05, 3.63) is 23.9 Å². The molecule has 1 saturated heterocycles. The van der Waals surface area contributed by atoms with Gasteiger partial charge in [0.25, 0.3) is 5.91 Å². The van der Waals surface area contributed by atoms with Crippen LogP contribution in [0.25, 0.3) is 0 Å². The Labute approximate surface area is 120 Å². The molecule has 1 atom stereocenters. The number of anilines is 1. The van der Waals surface area contributed by atoms with Gasteiger partial charge >= 0.3 is 0 Å². The summed E-state index contributed by atoms with van der Waals surface area (Å²) in [5.74, 6) is 0.869. The van der Waals surface area contributed by atoms with Crippen LogP contribution in [0.1, 0.15) is 36.0 Å². The van der Waals surface area contributed by atoms with Gasteiger partial charge in [0.1, 0.15) is 5.82 Å². The number of pyridine rings is 1. The lowest BCUT2D eigenvalue weighted by Gasteiger charge is -2.35. The van der Waals surface area contributed by atoms with Gasteiger partial charge in [-0.2, -0.15) is 0 Å². The van der Waals surface area contributed by atoms with Crippen LogP contribution in [0.2, 0.25) is 0 Å². The van der Waals surface area contributed by atoms with Crippen molar-refractivity contribution in [3.8, 4) is 0 Å². The van der Waals surface area contributed by atoms with Crippen LogP contribution in [-0.4, -0.2) is 54.2 Å². The van der Waals surface area contributed by atoms with E-state index in [0.29, 0.717) is 12.0 Å². The second-order valence-corrected chi connectivity index (χ2v) is 5.46. The highest BCUT2D eigenvalue weighted by Crippen LogP contribution is 2.22. The molecule has 0 radical (unpaired) electrons. The first-order valence-corrected chi connectivity index (χ1v) is 7.18. The number of amides is 1. The third-order valence-electron chi connectivity index (χ3n) is 3.80. The quantitative estimate of drug-likeness (QED) is 0.906. The lowest BCUT2D eigenvalue weighted by Crippen LogP contribution is -2.44. The standard InChI is InChI=1S/C15H23N3O2/c1-17(2)14-7-6-12(11-16-14)15(20)18-9-4-3-5-13(18)8-10-19/h6-7,11,13,19H,3-5,8-10H2,1-2H3. The van der Waals surface area contributed by atoms with E-state index in [-0.39, 0.29) is 18.6 Å². The molecule has 1 fully saturated rings. The Kier molecular flexibility index (Phi) is 4.95. The molecule has 5 nitrogen and oxygen atoms in total. The van der Waals surface area contributed by atoms with E-state index in [0.717, 1.165) is 31.6 Å². The molecule has 1 N–H and O–H groups in total. The van der Waals surface area contributed by atoms with Gasteiger partial charge in [0, 0.05) is 39.5 Å². The largest absolute Gasteiger partial charge is 0.396 e. The second-order valence-electron chi connectivity index (χ2n) is 5.46. The molecule has 20 heavy (non-hydrogen) atoms. The summed E-state index contributed by atoms with van der Waals surface area (Å²) in [7, 11) is 3.84. The normalized spacial score (nSPS) is 18.9. The topological polar surface area (TPSA) is 56.7 Å². The van der Waals surface area contributed by atoms with Crippen LogP contribution in [-0.2, 0) is 0 Å². The minimum absolute atomic E-state index is 0.0287. The van der Waals surface area contributed by atoms with Crippen LogP contribution in [0.3, 0.4) is 0 Å². The average molecular weight is 277 g/mol. The van der Waals surface area contributed by atoms with Crippen molar-refractivity contribution in [2.45, 2.75) is 31.7 Å². The van der Waals surface area contributed by atoms with Crippen LogP contribution in [0.15, 0.2) is 18.3 Å². The first-order valence-electron chi connectivity index (χ1n) is 7.18. The fourth-order valence-corrected chi connectivity index (χ4v) is 2.66. The van der Waals surface area contributed by atoms with E-state index < -0.39 is 0 Å². The number of carbonyl (C=O) groups excluding carboxylic acids is 1. The number of aromatic nitrogens is 1. The third kappa shape index (κ3) is 3.28. The second kappa shape index (κ2) is 6.70. The lowest BCUT2D eigenvalue weighted by molar-refractivity contribution is 0.0574. The summed E-state index contributed by atoms with van der Waals surface area (Å²) in [4.78, 5) is 20.7. The zero-order valence-electron chi connectivity index (χ0n) is 12.2. The highest BCUT2D eigenvalue weighted by Gasteiger charge is 2.27. The van der Waals surface area contributed by atoms with E-state index in [2.05, 4.69) is 4.98 Å². The predicted molar refractivity (Wildman–Crippen MR) is 78.9 cm³/mol. The van der Waals surface area contributed by atoms with E-state index in [9.17, 15) is 4.79 Å². The zero-order chi connectivity index (χ0) is 14.5. The Morgan fingerprint density at radius 2 is 2.25 bits per heavy atom. The maximum Gasteiger partial charge on any atom is 0.255 e. The van der Waals surface area contributed by atoms with Crippen LogP contribution in [0.4, 0.5) is 5.82 Å². The number of rotatable bonds is 4. The molecule has 1 unspecified atom stereocenters. The predicted octanol–water partition coefficient (Wildman–Crippen LogP) is 1.52. The molecule has 2 heterocycles. The number of aliphatic hydroxyl groups excluding tert-OH is 1. The van der Waals surface area contributed by atoms with Crippen LogP contribution in [0.5, 0.6) is 0 Å². The molecule has 1 aromatic rings. The van der Waals surface area contributed by atoms with Crippen molar-refractivity contribution in [3.63, 3.8) is 0 Å². The van der Waals surface area contributed by atoms with Gasteiger partial charge in [-0.1, -0.05) is 0 Å². The highest BCUT2D eigenvalue weighted by molar-refractivity contribution is 5.94. The van der Waals surface area contributed by atoms with E-state index in [1.165, 1.54) is 0 Å². The molecular weight excluding hydrogens is 254 g/mol. The van der Waals surface area contributed by atoms with Gasteiger partial charge in [0.05, 0.1) is 5.56 Å². The van der Waals surface area contributed by atoms with Crippen molar-refractivity contribution in [1.82, 2.24) is 9.88 Å². The van der Waals surface area contributed by atoms with Gasteiger partial charge in [-0.05, 0) is 37.8 Å². The number of hydrogen-bond acceptors (Lipinski definition) is 4. The summed E-state index contributed by atoms with van der Waals surface area (Å²) in [5, 5.41) is 9.13. The minimum Gasteiger partial charge on any atom is -0.396 e. The summed E-state index contributed by atoms with van der Waals surface area (Å²) in [6, 6.07) is 3.85. The monoisotopic (exact) mass is 277 g/mol. The summed E-state index contributed by atoms with van der Waals surface area (Å²) in [5.41, 5.74) is 0.625. The molecule has 0 saturated carbocycles. The summed E-state index contributed by atoms with van der Waals surface area (Å²) < 4.78 is 0. The van der Waals surface area contributed by atoms with Crippen molar-refractivity contribution in [2.75, 3.05) is 32.1 Å². The van der Waals surface area contributed by atoms with Gasteiger partial charge in [0.15, 0.2) is 0 Å². The number of likely N-dealkylation sites (tertiary alicyclic amines) is 1. The van der Waals surface area contributed by atoms with E-state index in [1.807, 2.05) is 36.0 Å². The Hall–Kier alpha value is -1.62. The fourth-order valence-electron chi connectivity index (χ4n) is 2.66. The van der Waals surface area contributed by atoms with Crippen LogP contribution in [0, 0.1) is 0 Å². The summed E-state index contributed by atoms with van der Waals surface area (Å²) in [6.45, 7) is 0.908. The SMILES string of the molecule is CN(C)c1ccc(C(=O)N2CCCCC2CCO)cn1. The Morgan fingerprint density at radius 1 is 1.45 bits per heavy atom. The number of carbonyl (C=O) groups is 1. The minimum atomic E-state index is 0.0287. The van der Waals surface area contributed by atoms with Crippen molar-refractivity contribution >= 4 is 11.7 Å². The van der Waals surface area contributed by atoms with E-state index in [1.54, 1.807) is 6.20 Å². The highest BCUT2D eigenvalue weighted by atomic mass is 16.3. The number of aliphatic hydroxyl groups is 1. The Morgan fingerprint density at radius 3 is 2.85 bits per heavy atom.